The molecule has 2 amide bonds. The summed E-state index contributed by atoms with van der Waals surface area (Å²) in [7, 11) is 0. The van der Waals surface area contributed by atoms with Crippen LogP contribution in [0.2, 0.25) is 5.02 Å². The fraction of sp³-hybridized carbons (Fsp3) is 0.143. The van der Waals surface area contributed by atoms with E-state index in [0.717, 1.165) is 0 Å². The molecule has 1 heterocycles. The summed E-state index contributed by atoms with van der Waals surface area (Å²) in [5, 5.41) is 5.99. The Morgan fingerprint density at radius 3 is 2.25 bits per heavy atom. The Balaban J connectivity index is 1.72. The van der Waals surface area contributed by atoms with Crippen LogP contribution < -0.4 is 10.6 Å². The van der Waals surface area contributed by atoms with Crippen LogP contribution in [-0.4, -0.2) is 29.9 Å². The molecule has 0 spiro atoms. The molecule has 2 aromatic rings. The van der Waals surface area contributed by atoms with Gasteiger partial charge in [-0.15, -0.1) is 0 Å². The molecule has 1 aromatic carbocycles. The molecule has 0 saturated carbocycles. The lowest BCUT2D eigenvalue weighted by Crippen LogP contribution is -2.34. The third-order valence-corrected chi connectivity index (χ3v) is 2.90. The zero-order valence-electron chi connectivity index (χ0n) is 10.7. The Labute approximate surface area is 121 Å². The van der Waals surface area contributed by atoms with Gasteiger partial charge in [-0.3, -0.25) is 9.59 Å². The summed E-state index contributed by atoms with van der Waals surface area (Å²) in [5.74, 6) is -0.397. The molecule has 0 aliphatic rings. The number of nitrogens with one attached hydrogen (secondary N) is 3. The average molecular weight is 292 g/mol. The molecule has 0 aliphatic heterocycles. The molecule has 3 N–H and O–H groups in total. The van der Waals surface area contributed by atoms with E-state index in [4.69, 9.17) is 11.6 Å². The van der Waals surface area contributed by atoms with Crippen LogP contribution >= 0.6 is 11.6 Å². The lowest BCUT2D eigenvalue weighted by Gasteiger charge is -2.06. The number of carbonyl (C=O) groups is 2. The second-order valence-electron chi connectivity index (χ2n) is 4.10. The minimum Gasteiger partial charge on any atom is -0.357 e. The Morgan fingerprint density at radius 1 is 1.00 bits per heavy atom. The average Bonchev–Trinajstić information content (AvgIpc) is 2.98. The molecule has 1 aromatic heterocycles. The van der Waals surface area contributed by atoms with Crippen molar-refractivity contribution in [1.82, 2.24) is 15.6 Å². The first-order chi connectivity index (χ1) is 9.66. The van der Waals surface area contributed by atoms with Gasteiger partial charge in [-0.25, -0.2) is 0 Å². The van der Waals surface area contributed by atoms with E-state index in [0.29, 0.717) is 29.4 Å². The van der Waals surface area contributed by atoms with Gasteiger partial charge in [0.25, 0.3) is 11.8 Å². The van der Waals surface area contributed by atoms with Crippen LogP contribution in [0.1, 0.15) is 20.8 Å². The summed E-state index contributed by atoms with van der Waals surface area (Å²) < 4.78 is 0. The number of aromatic nitrogens is 1. The summed E-state index contributed by atoms with van der Waals surface area (Å²) in [5.41, 5.74) is 1.03. The Morgan fingerprint density at radius 2 is 1.65 bits per heavy atom. The first kappa shape index (κ1) is 14.1. The highest BCUT2D eigenvalue weighted by Crippen LogP contribution is 2.09. The maximum absolute atomic E-state index is 11.8. The molecular formula is C14H14ClN3O2. The zero-order valence-corrected chi connectivity index (χ0v) is 11.4. The molecule has 0 unspecified atom stereocenters. The third kappa shape index (κ3) is 3.86. The fourth-order valence-corrected chi connectivity index (χ4v) is 1.75. The summed E-state index contributed by atoms with van der Waals surface area (Å²) in [6.45, 7) is 0.713. The molecule has 2 rings (SSSR count). The lowest BCUT2D eigenvalue weighted by molar-refractivity contribution is 0.0925. The predicted molar refractivity (Wildman–Crippen MR) is 76.9 cm³/mol. The van der Waals surface area contributed by atoms with E-state index < -0.39 is 0 Å². The molecule has 6 heteroatoms. The van der Waals surface area contributed by atoms with Gasteiger partial charge in [-0.05, 0) is 36.4 Å². The summed E-state index contributed by atoms with van der Waals surface area (Å²) in [4.78, 5) is 26.2. The van der Waals surface area contributed by atoms with Crippen molar-refractivity contribution in [2.45, 2.75) is 0 Å². The van der Waals surface area contributed by atoms with E-state index in [1.54, 1.807) is 42.6 Å². The minimum atomic E-state index is -0.198. The van der Waals surface area contributed by atoms with E-state index in [2.05, 4.69) is 15.6 Å². The van der Waals surface area contributed by atoms with E-state index in [9.17, 15) is 9.59 Å². The normalized spacial score (nSPS) is 10.1. The first-order valence-corrected chi connectivity index (χ1v) is 6.50. The number of H-pyrrole nitrogens is 1. The van der Waals surface area contributed by atoms with Crippen LogP contribution in [-0.2, 0) is 0 Å². The largest absolute Gasteiger partial charge is 0.357 e. The van der Waals surface area contributed by atoms with Crippen LogP contribution in [0, 0.1) is 0 Å². The number of hydrogen-bond donors (Lipinski definition) is 3. The number of hydrogen-bond acceptors (Lipinski definition) is 2. The number of rotatable bonds is 5. The van der Waals surface area contributed by atoms with E-state index in [-0.39, 0.29) is 11.8 Å². The number of carbonyl (C=O) groups excluding carboxylic acids is 2. The molecule has 0 atom stereocenters. The van der Waals surface area contributed by atoms with Crippen LogP contribution in [0.25, 0.3) is 0 Å². The molecule has 0 fully saturated rings. The highest BCUT2D eigenvalue weighted by Gasteiger charge is 2.06. The number of halogens is 1. The van der Waals surface area contributed by atoms with Crippen LogP contribution in [0.15, 0.2) is 42.6 Å². The SMILES string of the molecule is O=C(NCCNC(=O)c1ccc[nH]1)c1ccc(Cl)cc1. The molecule has 0 saturated heterocycles. The summed E-state index contributed by atoms with van der Waals surface area (Å²) in [6.07, 6.45) is 1.68. The van der Waals surface area contributed by atoms with Crippen molar-refractivity contribution in [2.24, 2.45) is 0 Å². The van der Waals surface area contributed by atoms with Crippen molar-refractivity contribution in [1.29, 1.82) is 0 Å². The van der Waals surface area contributed by atoms with Crippen molar-refractivity contribution in [3.63, 3.8) is 0 Å². The van der Waals surface area contributed by atoms with Crippen molar-refractivity contribution in [3.8, 4) is 0 Å². The molecule has 5 nitrogen and oxygen atoms in total. The van der Waals surface area contributed by atoms with Crippen molar-refractivity contribution in [3.05, 3.63) is 58.9 Å². The molecule has 0 radical (unpaired) electrons. The summed E-state index contributed by atoms with van der Waals surface area (Å²) in [6, 6.07) is 10.0. The van der Waals surface area contributed by atoms with Crippen LogP contribution in [0.5, 0.6) is 0 Å². The van der Waals surface area contributed by atoms with Gasteiger partial charge in [0.15, 0.2) is 0 Å². The minimum absolute atomic E-state index is 0.198. The predicted octanol–water partition coefficient (Wildman–Crippen LogP) is 1.83. The molecule has 104 valence electrons. The number of amides is 2. The Kier molecular flexibility index (Phi) is 4.79. The molecule has 20 heavy (non-hydrogen) atoms. The first-order valence-electron chi connectivity index (χ1n) is 6.12. The quantitative estimate of drug-likeness (QED) is 0.735. The van der Waals surface area contributed by atoms with Crippen LogP contribution in [0.4, 0.5) is 0 Å². The van der Waals surface area contributed by atoms with Gasteiger partial charge in [-0.2, -0.15) is 0 Å². The zero-order chi connectivity index (χ0) is 14.4. The van der Waals surface area contributed by atoms with Gasteiger partial charge < -0.3 is 15.6 Å². The summed E-state index contributed by atoms with van der Waals surface area (Å²) >= 11 is 5.74. The standard InChI is InChI=1S/C14H14ClN3O2/c15-11-5-3-10(4-6-11)13(19)17-8-9-18-14(20)12-2-1-7-16-12/h1-7,16H,8-9H2,(H,17,19)(H,18,20). The Hall–Kier alpha value is -2.27. The Bertz CT molecular complexity index is 579. The highest BCUT2D eigenvalue weighted by molar-refractivity contribution is 6.30. The van der Waals surface area contributed by atoms with Gasteiger partial charge in [0, 0.05) is 29.9 Å². The maximum Gasteiger partial charge on any atom is 0.267 e. The third-order valence-electron chi connectivity index (χ3n) is 2.65. The van der Waals surface area contributed by atoms with Crippen molar-refractivity contribution in [2.75, 3.05) is 13.1 Å². The van der Waals surface area contributed by atoms with Gasteiger partial charge in [0.05, 0.1) is 0 Å². The maximum atomic E-state index is 11.8. The van der Waals surface area contributed by atoms with E-state index >= 15 is 0 Å². The molecule has 0 aliphatic carbocycles. The number of aromatic amines is 1. The smallest absolute Gasteiger partial charge is 0.267 e. The van der Waals surface area contributed by atoms with E-state index in [1.807, 2.05) is 0 Å². The second-order valence-corrected chi connectivity index (χ2v) is 4.54. The van der Waals surface area contributed by atoms with Crippen molar-refractivity contribution >= 4 is 23.4 Å². The topological polar surface area (TPSA) is 74.0 Å². The second kappa shape index (κ2) is 6.77. The molecular weight excluding hydrogens is 278 g/mol. The monoisotopic (exact) mass is 291 g/mol. The van der Waals surface area contributed by atoms with Gasteiger partial charge >= 0.3 is 0 Å². The fourth-order valence-electron chi connectivity index (χ4n) is 1.62. The van der Waals surface area contributed by atoms with Gasteiger partial charge in [-0.1, -0.05) is 11.6 Å². The molecule has 0 bridgehead atoms. The number of benzene rings is 1. The lowest BCUT2D eigenvalue weighted by atomic mass is 10.2. The van der Waals surface area contributed by atoms with E-state index in [1.165, 1.54) is 0 Å². The van der Waals surface area contributed by atoms with Gasteiger partial charge in [0.2, 0.25) is 0 Å². The van der Waals surface area contributed by atoms with Crippen LogP contribution in [0.3, 0.4) is 0 Å². The van der Waals surface area contributed by atoms with Gasteiger partial charge in [0.1, 0.15) is 5.69 Å². The highest BCUT2D eigenvalue weighted by atomic mass is 35.5. The van der Waals surface area contributed by atoms with Crippen molar-refractivity contribution < 1.29 is 9.59 Å².